The van der Waals surface area contributed by atoms with Crippen molar-refractivity contribution in [2.24, 2.45) is 7.05 Å². The fourth-order valence-corrected chi connectivity index (χ4v) is 5.24. The van der Waals surface area contributed by atoms with E-state index in [0.29, 0.717) is 30.0 Å². The maximum absolute atomic E-state index is 14.0. The summed E-state index contributed by atoms with van der Waals surface area (Å²) in [6.07, 6.45) is 1.98. The van der Waals surface area contributed by atoms with Crippen molar-refractivity contribution in [3.05, 3.63) is 100 Å². The molecule has 0 radical (unpaired) electrons. The van der Waals surface area contributed by atoms with Gasteiger partial charge in [-0.3, -0.25) is 9.59 Å². The average Bonchev–Trinajstić information content (AvgIpc) is 3.21. The Bertz CT molecular complexity index is 1470. The van der Waals surface area contributed by atoms with Crippen LogP contribution >= 0.6 is 11.6 Å². The zero-order chi connectivity index (χ0) is 25.4. The zero-order valence-electron chi connectivity index (χ0n) is 19.9. The molecule has 0 aliphatic carbocycles. The Morgan fingerprint density at radius 3 is 2.61 bits per heavy atom. The highest BCUT2D eigenvalue weighted by Gasteiger charge is 2.45. The van der Waals surface area contributed by atoms with E-state index in [4.69, 9.17) is 16.3 Å². The zero-order valence-corrected chi connectivity index (χ0v) is 20.6. The minimum Gasteiger partial charge on any atom is -0.383 e. The smallest absolute Gasteiger partial charge is 0.254 e. The number of halogens is 2. The fourth-order valence-electron chi connectivity index (χ4n) is 5.06. The number of benzene rings is 3. The summed E-state index contributed by atoms with van der Waals surface area (Å²) < 4.78 is 21.1. The van der Waals surface area contributed by atoms with Crippen molar-refractivity contribution in [1.29, 1.82) is 0 Å². The van der Waals surface area contributed by atoms with E-state index in [1.54, 1.807) is 24.1 Å². The number of rotatable bonds is 6. The molecule has 0 saturated heterocycles. The average molecular weight is 506 g/mol. The topological polar surface area (TPSA) is 63.6 Å². The van der Waals surface area contributed by atoms with Crippen LogP contribution in [0.25, 0.3) is 10.9 Å². The quantitative estimate of drug-likeness (QED) is 0.374. The largest absolute Gasteiger partial charge is 0.383 e. The molecule has 0 fully saturated rings. The summed E-state index contributed by atoms with van der Waals surface area (Å²) in [5.41, 5.74) is 3.35. The number of nitrogens with one attached hydrogen (secondary N) is 1. The number of carbonyl (C=O) groups excluding carboxylic acids is 2. The first-order valence-electron chi connectivity index (χ1n) is 11.6. The first kappa shape index (κ1) is 24.0. The van der Waals surface area contributed by atoms with Gasteiger partial charge in [-0.2, -0.15) is 0 Å². The number of nitrogens with zero attached hydrogens (tertiary/aromatic N) is 2. The number of aryl methyl sites for hydroxylation is 1. The molecule has 1 aliphatic rings. The van der Waals surface area contributed by atoms with Crippen LogP contribution in [0, 0.1) is 5.82 Å². The SMILES string of the molecule is COCCN1C(=O)c2ccccc2[C@@H](C(=O)Nc2ccc(F)c(Cl)c2)[C@H]1c1cn(C)c2ccccc12. The molecule has 3 aromatic carbocycles. The normalized spacial score (nSPS) is 17.3. The van der Waals surface area contributed by atoms with E-state index in [1.165, 1.54) is 18.2 Å². The molecule has 36 heavy (non-hydrogen) atoms. The van der Waals surface area contributed by atoms with Gasteiger partial charge in [-0.25, -0.2) is 4.39 Å². The monoisotopic (exact) mass is 505 g/mol. The molecule has 0 saturated carbocycles. The number of anilines is 1. The molecular weight excluding hydrogens is 481 g/mol. The van der Waals surface area contributed by atoms with Gasteiger partial charge in [-0.15, -0.1) is 0 Å². The molecule has 6 nitrogen and oxygen atoms in total. The lowest BCUT2D eigenvalue weighted by Gasteiger charge is -2.41. The van der Waals surface area contributed by atoms with Crippen LogP contribution in [-0.2, 0) is 16.6 Å². The van der Waals surface area contributed by atoms with Gasteiger partial charge in [0.1, 0.15) is 5.82 Å². The summed E-state index contributed by atoms with van der Waals surface area (Å²) in [7, 11) is 3.53. The minimum absolute atomic E-state index is 0.0839. The van der Waals surface area contributed by atoms with Gasteiger partial charge >= 0.3 is 0 Å². The molecule has 4 aromatic rings. The van der Waals surface area contributed by atoms with Crippen LogP contribution in [0.1, 0.15) is 33.4 Å². The summed E-state index contributed by atoms with van der Waals surface area (Å²) in [4.78, 5) is 29.4. The Morgan fingerprint density at radius 2 is 1.83 bits per heavy atom. The molecule has 1 N–H and O–H groups in total. The van der Waals surface area contributed by atoms with Crippen LogP contribution in [-0.4, -0.2) is 41.5 Å². The number of ether oxygens (including phenoxy) is 1. The summed E-state index contributed by atoms with van der Waals surface area (Å²) in [5, 5.41) is 3.78. The maximum atomic E-state index is 14.0. The minimum atomic E-state index is -0.731. The van der Waals surface area contributed by atoms with Crippen LogP contribution in [0.3, 0.4) is 0 Å². The predicted molar refractivity (Wildman–Crippen MR) is 138 cm³/mol. The highest BCUT2D eigenvalue weighted by molar-refractivity contribution is 6.31. The van der Waals surface area contributed by atoms with Crippen LogP contribution < -0.4 is 5.32 Å². The standard InChI is InChI=1S/C28H25ClFN3O3/c1-32-16-21(18-7-5-6-10-24(18)32)26-25(27(34)31-17-11-12-23(30)22(29)15-17)19-8-3-4-9-20(19)28(35)33(26)13-14-36-2/h3-12,15-16,25-26H,13-14H2,1-2H3,(H,31,34)/t25-,26-/m1/s1. The van der Waals surface area contributed by atoms with Gasteiger partial charge in [-0.1, -0.05) is 48.0 Å². The summed E-state index contributed by atoms with van der Waals surface area (Å²) in [6, 6.07) is 18.5. The lowest BCUT2D eigenvalue weighted by Crippen LogP contribution is -2.47. The van der Waals surface area contributed by atoms with E-state index in [0.717, 1.165) is 16.5 Å². The van der Waals surface area contributed by atoms with Gasteiger partial charge in [0.25, 0.3) is 5.91 Å². The molecule has 0 spiro atoms. The van der Waals surface area contributed by atoms with Crippen LogP contribution in [0.5, 0.6) is 0 Å². The molecule has 5 rings (SSSR count). The number of fused-ring (bicyclic) bond motifs is 2. The Hall–Kier alpha value is -3.68. The lowest BCUT2D eigenvalue weighted by molar-refractivity contribution is -0.119. The summed E-state index contributed by atoms with van der Waals surface area (Å²) in [6.45, 7) is 0.626. The van der Waals surface area contributed by atoms with Gasteiger partial charge in [0, 0.05) is 54.6 Å². The van der Waals surface area contributed by atoms with E-state index in [9.17, 15) is 14.0 Å². The number of hydrogen-bond acceptors (Lipinski definition) is 3. The molecule has 184 valence electrons. The Kier molecular flexibility index (Phi) is 6.51. The highest BCUT2D eigenvalue weighted by Crippen LogP contribution is 2.45. The third-order valence-electron chi connectivity index (χ3n) is 6.69. The van der Waals surface area contributed by atoms with E-state index >= 15 is 0 Å². The van der Waals surface area contributed by atoms with Crippen molar-refractivity contribution in [2.75, 3.05) is 25.6 Å². The van der Waals surface area contributed by atoms with Gasteiger partial charge in [0.15, 0.2) is 0 Å². The van der Waals surface area contributed by atoms with Crippen molar-refractivity contribution in [3.8, 4) is 0 Å². The summed E-state index contributed by atoms with van der Waals surface area (Å²) >= 11 is 5.96. The third-order valence-corrected chi connectivity index (χ3v) is 6.98. The first-order valence-corrected chi connectivity index (χ1v) is 12.0. The predicted octanol–water partition coefficient (Wildman–Crippen LogP) is 5.54. The lowest BCUT2D eigenvalue weighted by atomic mass is 9.79. The van der Waals surface area contributed by atoms with E-state index < -0.39 is 17.8 Å². The molecule has 1 aliphatic heterocycles. The second-order valence-corrected chi connectivity index (χ2v) is 9.24. The van der Waals surface area contributed by atoms with Crippen molar-refractivity contribution in [1.82, 2.24) is 9.47 Å². The van der Waals surface area contributed by atoms with E-state index in [-0.39, 0.29) is 16.8 Å². The van der Waals surface area contributed by atoms with Crippen molar-refractivity contribution >= 4 is 40.0 Å². The Balaban J connectivity index is 1.68. The molecule has 1 aromatic heterocycles. The number of carbonyl (C=O) groups is 2. The number of para-hydroxylation sites is 1. The van der Waals surface area contributed by atoms with E-state index in [1.807, 2.05) is 54.2 Å². The first-order chi connectivity index (χ1) is 17.4. The fraction of sp³-hybridized carbons (Fsp3) is 0.214. The Morgan fingerprint density at radius 1 is 1.08 bits per heavy atom. The highest BCUT2D eigenvalue weighted by atomic mass is 35.5. The molecule has 8 heteroatoms. The Labute approximate surface area is 213 Å². The van der Waals surface area contributed by atoms with Gasteiger partial charge in [-0.05, 0) is 35.9 Å². The van der Waals surface area contributed by atoms with Gasteiger partial charge in [0.05, 0.1) is 23.6 Å². The van der Waals surface area contributed by atoms with Crippen molar-refractivity contribution in [3.63, 3.8) is 0 Å². The van der Waals surface area contributed by atoms with Crippen molar-refractivity contribution < 1.29 is 18.7 Å². The molecule has 2 amide bonds. The van der Waals surface area contributed by atoms with Crippen LogP contribution in [0.2, 0.25) is 5.02 Å². The molecular formula is C28H25ClFN3O3. The number of aromatic nitrogens is 1. The number of amides is 2. The summed E-state index contributed by atoms with van der Waals surface area (Å²) in [5.74, 6) is -1.78. The van der Waals surface area contributed by atoms with E-state index in [2.05, 4.69) is 5.32 Å². The van der Waals surface area contributed by atoms with Crippen LogP contribution in [0.4, 0.5) is 10.1 Å². The number of hydrogen-bond donors (Lipinski definition) is 1. The third kappa shape index (κ3) is 4.14. The molecule has 0 bridgehead atoms. The van der Waals surface area contributed by atoms with Gasteiger partial charge < -0.3 is 19.5 Å². The molecule has 0 unspecified atom stereocenters. The maximum Gasteiger partial charge on any atom is 0.254 e. The van der Waals surface area contributed by atoms with Crippen molar-refractivity contribution in [2.45, 2.75) is 12.0 Å². The molecule has 2 heterocycles. The van der Waals surface area contributed by atoms with Gasteiger partial charge in [0.2, 0.25) is 5.91 Å². The molecule has 2 atom stereocenters. The second-order valence-electron chi connectivity index (χ2n) is 8.83. The number of methoxy groups -OCH3 is 1. The van der Waals surface area contributed by atoms with Crippen LogP contribution in [0.15, 0.2) is 72.9 Å². The second kappa shape index (κ2) is 9.76.